The van der Waals surface area contributed by atoms with Crippen LogP contribution in [0.1, 0.15) is 28.8 Å². The molecule has 96 valence electrons. The molecule has 0 bridgehead atoms. The molecule has 0 aromatic carbocycles. The molecule has 0 aliphatic rings. The fraction of sp³-hybridized carbons (Fsp3) is 0.417. The minimum absolute atomic E-state index is 0.565. The summed E-state index contributed by atoms with van der Waals surface area (Å²) in [5.41, 5.74) is 6.88. The lowest BCUT2D eigenvalue weighted by Gasteiger charge is -2.10. The number of nitrogens with one attached hydrogen (secondary N) is 1. The summed E-state index contributed by atoms with van der Waals surface area (Å²) in [6.45, 7) is 4.83. The Morgan fingerprint density at radius 3 is 2.83 bits per heavy atom. The van der Waals surface area contributed by atoms with Crippen LogP contribution in [0.3, 0.4) is 0 Å². The minimum atomic E-state index is 0.565. The van der Waals surface area contributed by atoms with E-state index >= 15 is 0 Å². The van der Waals surface area contributed by atoms with Crippen molar-refractivity contribution in [1.82, 2.24) is 15.0 Å². The topological polar surface area (TPSA) is 76.7 Å². The second kappa shape index (κ2) is 5.77. The van der Waals surface area contributed by atoms with Crippen LogP contribution < -0.4 is 11.1 Å². The second-order valence-electron chi connectivity index (χ2n) is 4.04. The average Bonchev–Trinajstić information content (AvgIpc) is 2.76. The van der Waals surface area contributed by atoms with Gasteiger partial charge in [0.25, 0.3) is 0 Å². The first-order valence-electron chi connectivity index (χ1n) is 5.95. The van der Waals surface area contributed by atoms with Gasteiger partial charge in [-0.25, -0.2) is 15.0 Å². The Labute approximate surface area is 111 Å². The molecule has 0 radical (unpaired) electrons. The number of aromatic nitrogens is 3. The molecule has 6 heteroatoms. The summed E-state index contributed by atoms with van der Waals surface area (Å²) >= 11 is 1.68. The number of nitrogens with two attached hydrogens (primary N) is 1. The first-order chi connectivity index (χ1) is 8.70. The van der Waals surface area contributed by atoms with Gasteiger partial charge in [-0.2, -0.15) is 0 Å². The van der Waals surface area contributed by atoms with Gasteiger partial charge in [-0.05, 0) is 13.3 Å². The molecule has 0 aliphatic heterocycles. The van der Waals surface area contributed by atoms with E-state index < -0.39 is 0 Å². The van der Waals surface area contributed by atoms with Crippen molar-refractivity contribution in [3.8, 4) is 0 Å². The number of hydrogen-bond donors (Lipinski definition) is 2. The lowest BCUT2D eigenvalue weighted by atomic mass is 10.1. The van der Waals surface area contributed by atoms with Crippen molar-refractivity contribution >= 4 is 23.0 Å². The van der Waals surface area contributed by atoms with Crippen molar-refractivity contribution in [2.75, 3.05) is 11.1 Å². The highest BCUT2D eigenvalue weighted by Gasteiger charge is 2.08. The maximum Gasteiger partial charge on any atom is 0.135 e. The molecule has 0 fully saturated rings. The smallest absolute Gasteiger partial charge is 0.135 e. The van der Waals surface area contributed by atoms with Gasteiger partial charge in [0.15, 0.2) is 0 Å². The van der Waals surface area contributed by atoms with Crippen molar-refractivity contribution in [2.45, 2.75) is 33.2 Å². The lowest BCUT2D eigenvalue weighted by molar-refractivity contribution is 0.902. The molecule has 0 aliphatic carbocycles. The van der Waals surface area contributed by atoms with E-state index in [9.17, 15) is 0 Å². The molecule has 0 spiro atoms. The molecule has 2 aromatic rings. The predicted molar refractivity (Wildman–Crippen MR) is 74.6 cm³/mol. The van der Waals surface area contributed by atoms with Crippen molar-refractivity contribution in [3.05, 3.63) is 28.0 Å². The van der Waals surface area contributed by atoms with Crippen LogP contribution >= 0.6 is 11.3 Å². The van der Waals surface area contributed by atoms with Gasteiger partial charge in [0, 0.05) is 16.6 Å². The number of nitrogen functional groups attached to an aromatic ring is 1. The molecule has 2 rings (SSSR count). The lowest BCUT2D eigenvalue weighted by Crippen LogP contribution is -2.07. The number of anilines is 2. The zero-order valence-corrected chi connectivity index (χ0v) is 11.4. The van der Waals surface area contributed by atoms with Gasteiger partial charge in [-0.1, -0.05) is 13.3 Å². The van der Waals surface area contributed by atoms with Gasteiger partial charge < -0.3 is 11.1 Å². The number of rotatable bonds is 5. The molecule has 18 heavy (non-hydrogen) atoms. The van der Waals surface area contributed by atoms with E-state index in [0.29, 0.717) is 5.82 Å². The number of hydrogen-bond acceptors (Lipinski definition) is 6. The third kappa shape index (κ3) is 2.95. The van der Waals surface area contributed by atoms with E-state index in [2.05, 4.69) is 27.2 Å². The van der Waals surface area contributed by atoms with Crippen LogP contribution in [0.5, 0.6) is 0 Å². The SMILES string of the molecule is CCCc1c(N)ncnc1NCc1cnc(C)s1. The molecule has 0 amide bonds. The van der Waals surface area contributed by atoms with Crippen LogP contribution in [0.4, 0.5) is 11.6 Å². The predicted octanol–water partition coefficient (Wildman–Crippen LogP) is 2.39. The zero-order valence-electron chi connectivity index (χ0n) is 10.6. The summed E-state index contributed by atoms with van der Waals surface area (Å²) in [6.07, 6.45) is 5.29. The molecule has 0 saturated heterocycles. The quantitative estimate of drug-likeness (QED) is 0.866. The zero-order chi connectivity index (χ0) is 13.0. The summed E-state index contributed by atoms with van der Waals surface area (Å²) in [5.74, 6) is 1.39. The van der Waals surface area contributed by atoms with Crippen LogP contribution in [-0.4, -0.2) is 15.0 Å². The Balaban J connectivity index is 2.11. The fourth-order valence-electron chi connectivity index (χ4n) is 1.73. The standard InChI is InChI=1S/C12H17N5S/c1-3-4-10-11(13)16-7-17-12(10)15-6-9-5-14-8(2)18-9/h5,7H,3-4,6H2,1-2H3,(H3,13,15,16,17). The Kier molecular flexibility index (Phi) is 4.09. The Hall–Kier alpha value is -1.69. The number of aryl methyl sites for hydroxylation is 1. The highest BCUT2D eigenvalue weighted by molar-refractivity contribution is 7.11. The molecule has 0 unspecified atom stereocenters. The third-order valence-electron chi connectivity index (χ3n) is 2.58. The van der Waals surface area contributed by atoms with E-state index in [-0.39, 0.29) is 0 Å². The van der Waals surface area contributed by atoms with Crippen LogP contribution in [0, 0.1) is 6.92 Å². The molecule has 0 saturated carbocycles. The monoisotopic (exact) mass is 263 g/mol. The van der Waals surface area contributed by atoms with E-state index in [1.807, 2.05) is 13.1 Å². The van der Waals surface area contributed by atoms with Crippen LogP contribution in [0.15, 0.2) is 12.5 Å². The Morgan fingerprint density at radius 2 is 2.17 bits per heavy atom. The second-order valence-corrected chi connectivity index (χ2v) is 5.35. The van der Waals surface area contributed by atoms with Crippen LogP contribution in [-0.2, 0) is 13.0 Å². The van der Waals surface area contributed by atoms with Gasteiger partial charge >= 0.3 is 0 Å². The van der Waals surface area contributed by atoms with E-state index in [1.165, 1.54) is 11.2 Å². The number of thiazole rings is 1. The summed E-state index contributed by atoms with van der Waals surface area (Å²) < 4.78 is 0. The summed E-state index contributed by atoms with van der Waals surface area (Å²) in [5, 5.41) is 4.38. The van der Waals surface area contributed by atoms with Crippen LogP contribution in [0.2, 0.25) is 0 Å². The summed E-state index contributed by atoms with van der Waals surface area (Å²) in [4.78, 5) is 13.7. The Morgan fingerprint density at radius 1 is 1.33 bits per heavy atom. The van der Waals surface area contributed by atoms with Crippen molar-refractivity contribution in [1.29, 1.82) is 0 Å². The number of nitrogens with zero attached hydrogens (tertiary/aromatic N) is 3. The molecule has 2 aromatic heterocycles. The molecule has 5 nitrogen and oxygen atoms in total. The molecular formula is C12H17N5S. The first kappa shape index (κ1) is 12.8. The van der Waals surface area contributed by atoms with E-state index in [4.69, 9.17) is 5.73 Å². The maximum absolute atomic E-state index is 5.88. The minimum Gasteiger partial charge on any atom is -0.383 e. The van der Waals surface area contributed by atoms with E-state index in [0.717, 1.165) is 35.8 Å². The fourth-order valence-corrected chi connectivity index (χ4v) is 2.47. The first-order valence-corrected chi connectivity index (χ1v) is 6.77. The average molecular weight is 263 g/mol. The van der Waals surface area contributed by atoms with Gasteiger partial charge in [0.05, 0.1) is 11.6 Å². The summed E-state index contributed by atoms with van der Waals surface area (Å²) in [6, 6.07) is 0. The van der Waals surface area contributed by atoms with Gasteiger partial charge in [-0.15, -0.1) is 11.3 Å². The highest BCUT2D eigenvalue weighted by Crippen LogP contribution is 2.20. The molecule has 3 N–H and O–H groups in total. The third-order valence-corrected chi connectivity index (χ3v) is 3.49. The van der Waals surface area contributed by atoms with E-state index in [1.54, 1.807) is 11.3 Å². The van der Waals surface area contributed by atoms with Gasteiger partial charge in [-0.3, -0.25) is 0 Å². The highest BCUT2D eigenvalue weighted by atomic mass is 32.1. The normalized spacial score (nSPS) is 10.6. The van der Waals surface area contributed by atoms with Gasteiger partial charge in [0.2, 0.25) is 0 Å². The largest absolute Gasteiger partial charge is 0.383 e. The van der Waals surface area contributed by atoms with Crippen molar-refractivity contribution in [2.24, 2.45) is 0 Å². The van der Waals surface area contributed by atoms with Crippen molar-refractivity contribution < 1.29 is 0 Å². The van der Waals surface area contributed by atoms with Crippen LogP contribution in [0.25, 0.3) is 0 Å². The molecular weight excluding hydrogens is 246 g/mol. The Bertz CT molecular complexity index is 523. The maximum atomic E-state index is 5.88. The molecule has 0 atom stereocenters. The van der Waals surface area contributed by atoms with Gasteiger partial charge in [0.1, 0.15) is 18.0 Å². The molecule has 2 heterocycles. The summed E-state index contributed by atoms with van der Waals surface area (Å²) in [7, 11) is 0. The van der Waals surface area contributed by atoms with Crippen molar-refractivity contribution in [3.63, 3.8) is 0 Å².